The molecule has 0 aliphatic rings. The molecule has 8 heteroatoms. The highest BCUT2D eigenvalue weighted by Gasteiger charge is 2.04. The van der Waals surface area contributed by atoms with Crippen LogP contribution >= 0.6 is 23.5 Å². The van der Waals surface area contributed by atoms with Gasteiger partial charge in [0.05, 0.1) is 17.7 Å². The number of hydrogen-bond acceptors (Lipinski definition) is 7. The first-order valence-electron chi connectivity index (χ1n) is 5.86. The van der Waals surface area contributed by atoms with E-state index in [-0.39, 0.29) is 0 Å². The maximum atomic E-state index is 10.4. The summed E-state index contributed by atoms with van der Waals surface area (Å²) in [7, 11) is 1.62. The monoisotopic (exact) mass is 315 g/mol. The van der Waals surface area contributed by atoms with Gasteiger partial charge in [0.2, 0.25) is 0 Å². The molecular weight excluding hydrogens is 298 g/mol. The molecule has 6 nitrogen and oxygen atoms in total. The van der Waals surface area contributed by atoms with Crippen LogP contribution in [0.25, 0.3) is 0 Å². The Morgan fingerprint density at radius 1 is 1.65 bits per heavy atom. The second-order valence-corrected chi connectivity index (χ2v) is 5.57. The molecule has 0 atom stereocenters. The topological polar surface area (TPSA) is 77.3 Å². The van der Waals surface area contributed by atoms with Crippen molar-refractivity contribution < 1.29 is 9.66 Å². The minimum absolute atomic E-state index is 0.454. The van der Waals surface area contributed by atoms with Gasteiger partial charge < -0.3 is 10.1 Å². The van der Waals surface area contributed by atoms with Gasteiger partial charge in [-0.05, 0) is 18.4 Å². The lowest BCUT2D eigenvalue weighted by molar-refractivity contribution is -0.403. The summed E-state index contributed by atoms with van der Waals surface area (Å²) in [5.74, 6) is 2.36. The predicted molar refractivity (Wildman–Crippen MR) is 83.5 cm³/mol. The van der Waals surface area contributed by atoms with Crippen LogP contribution in [0.15, 0.2) is 29.6 Å². The van der Waals surface area contributed by atoms with Crippen LogP contribution in [0, 0.1) is 10.1 Å². The molecule has 20 heavy (non-hydrogen) atoms. The standard InChI is InChI=1S/C12H17N3O3S2/c1-18-11-4-3-5-13-10(11)9-20-7-6-14-12(19-2)8-15(16)17/h3-5,8,14H,6-7,9H2,1-2H3/b12-8+. The van der Waals surface area contributed by atoms with Gasteiger partial charge in [0, 0.05) is 24.2 Å². The van der Waals surface area contributed by atoms with Crippen molar-refractivity contribution in [1.82, 2.24) is 10.3 Å². The van der Waals surface area contributed by atoms with Crippen molar-refractivity contribution in [3.05, 3.63) is 45.4 Å². The average Bonchev–Trinajstić information content (AvgIpc) is 2.45. The van der Waals surface area contributed by atoms with Crippen molar-refractivity contribution in [3.8, 4) is 5.75 Å². The summed E-state index contributed by atoms with van der Waals surface area (Å²) < 4.78 is 5.22. The fourth-order valence-electron chi connectivity index (χ4n) is 1.40. The second kappa shape index (κ2) is 9.49. The number of nitro groups is 1. The van der Waals surface area contributed by atoms with Gasteiger partial charge >= 0.3 is 0 Å². The van der Waals surface area contributed by atoms with E-state index in [2.05, 4.69) is 10.3 Å². The molecule has 0 aromatic carbocycles. The smallest absolute Gasteiger partial charge is 0.263 e. The van der Waals surface area contributed by atoms with E-state index in [1.807, 2.05) is 12.1 Å². The summed E-state index contributed by atoms with van der Waals surface area (Å²) >= 11 is 3.02. The van der Waals surface area contributed by atoms with Gasteiger partial charge in [0.15, 0.2) is 0 Å². The number of ether oxygens (including phenoxy) is 1. The lowest BCUT2D eigenvalue weighted by Gasteiger charge is -2.08. The molecule has 1 rings (SSSR count). The number of pyridine rings is 1. The van der Waals surface area contributed by atoms with Crippen LogP contribution in [-0.4, -0.2) is 35.6 Å². The average molecular weight is 315 g/mol. The molecule has 0 radical (unpaired) electrons. The Morgan fingerprint density at radius 3 is 3.10 bits per heavy atom. The summed E-state index contributed by atoms with van der Waals surface area (Å²) in [6.45, 7) is 0.667. The van der Waals surface area contributed by atoms with Crippen LogP contribution in [0.5, 0.6) is 5.75 Å². The van der Waals surface area contributed by atoms with Crippen LogP contribution in [0.1, 0.15) is 5.69 Å². The fourth-order valence-corrected chi connectivity index (χ4v) is 2.64. The van der Waals surface area contributed by atoms with Gasteiger partial charge in [-0.25, -0.2) is 0 Å². The zero-order valence-electron chi connectivity index (χ0n) is 11.4. The predicted octanol–water partition coefficient (Wildman–Crippen LogP) is 2.35. The zero-order chi connectivity index (χ0) is 14.8. The van der Waals surface area contributed by atoms with E-state index in [4.69, 9.17) is 4.74 Å². The molecule has 0 saturated heterocycles. The Kier molecular flexibility index (Phi) is 7.89. The number of hydrogen-bond donors (Lipinski definition) is 1. The molecule has 1 aromatic rings. The summed E-state index contributed by atoms with van der Waals surface area (Å²) in [5.41, 5.74) is 0.908. The SMILES string of the molecule is COc1cccnc1CSCCN/C(=C\[N+](=O)[O-])SC. The Balaban J connectivity index is 2.30. The van der Waals surface area contributed by atoms with Gasteiger partial charge in [-0.2, -0.15) is 11.8 Å². The van der Waals surface area contributed by atoms with Crippen molar-refractivity contribution in [2.24, 2.45) is 0 Å². The third-order valence-corrected chi connectivity index (χ3v) is 3.96. The Labute approximate surface area is 126 Å². The van der Waals surface area contributed by atoms with Crippen LogP contribution in [0.2, 0.25) is 0 Å². The first-order valence-corrected chi connectivity index (χ1v) is 8.24. The van der Waals surface area contributed by atoms with Gasteiger partial charge in [-0.15, -0.1) is 11.8 Å². The minimum Gasteiger partial charge on any atom is -0.495 e. The molecule has 0 amide bonds. The van der Waals surface area contributed by atoms with Crippen LogP contribution in [-0.2, 0) is 5.75 Å². The minimum atomic E-state index is -0.454. The summed E-state index contributed by atoms with van der Waals surface area (Å²) in [4.78, 5) is 14.2. The fraction of sp³-hybridized carbons (Fsp3) is 0.417. The number of aromatic nitrogens is 1. The van der Waals surface area contributed by atoms with Crippen molar-refractivity contribution >= 4 is 23.5 Å². The molecule has 0 fully saturated rings. The normalized spacial score (nSPS) is 11.2. The molecule has 110 valence electrons. The molecule has 1 N–H and O–H groups in total. The second-order valence-electron chi connectivity index (χ2n) is 3.61. The van der Waals surface area contributed by atoms with E-state index < -0.39 is 4.92 Å². The number of nitrogens with zero attached hydrogens (tertiary/aromatic N) is 2. The molecule has 0 unspecified atom stereocenters. The molecular formula is C12H17N3O3S2. The molecule has 0 aliphatic heterocycles. The highest BCUT2D eigenvalue weighted by molar-refractivity contribution is 8.02. The molecule has 1 heterocycles. The molecule has 0 spiro atoms. The largest absolute Gasteiger partial charge is 0.495 e. The van der Waals surface area contributed by atoms with E-state index in [1.54, 1.807) is 31.3 Å². The Hall–Kier alpha value is -1.41. The van der Waals surface area contributed by atoms with E-state index in [1.165, 1.54) is 11.8 Å². The van der Waals surface area contributed by atoms with Gasteiger partial charge in [-0.1, -0.05) is 0 Å². The zero-order valence-corrected chi connectivity index (χ0v) is 13.0. The van der Waals surface area contributed by atoms with Crippen LogP contribution in [0.4, 0.5) is 0 Å². The van der Waals surface area contributed by atoms with Crippen molar-refractivity contribution in [2.75, 3.05) is 25.7 Å². The third kappa shape index (κ3) is 6.16. The highest BCUT2D eigenvalue weighted by Crippen LogP contribution is 2.20. The van der Waals surface area contributed by atoms with Gasteiger partial charge in [0.1, 0.15) is 10.8 Å². The van der Waals surface area contributed by atoms with Crippen LogP contribution < -0.4 is 10.1 Å². The number of nitrogens with one attached hydrogen (secondary N) is 1. The quantitative estimate of drug-likeness (QED) is 0.426. The number of rotatable bonds is 9. The summed E-state index contributed by atoms with van der Waals surface area (Å²) in [6, 6.07) is 3.72. The lowest BCUT2D eigenvalue weighted by atomic mass is 10.3. The molecule has 0 aliphatic carbocycles. The van der Waals surface area contributed by atoms with Gasteiger partial charge in [0.25, 0.3) is 6.20 Å². The van der Waals surface area contributed by atoms with E-state index >= 15 is 0 Å². The van der Waals surface area contributed by atoms with Crippen molar-refractivity contribution in [2.45, 2.75) is 5.75 Å². The number of methoxy groups -OCH3 is 1. The molecule has 0 bridgehead atoms. The van der Waals surface area contributed by atoms with Crippen molar-refractivity contribution in [1.29, 1.82) is 0 Å². The first kappa shape index (κ1) is 16.6. The first-order chi connectivity index (χ1) is 9.67. The Morgan fingerprint density at radius 2 is 2.45 bits per heavy atom. The summed E-state index contributed by atoms with van der Waals surface area (Å²) in [6.07, 6.45) is 4.52. The van der Waals surface area contributed by atoms with E-state index in [9.17, 15) is 10.1 Å². The number of thioether (sulfide) groups is 2. The third-order valence-electron chi connectivity index (χ3n) is 2.30. The summed E-state index contributed by atoms with van der Waals surface area (Å²) in [5, 5.41) is 13.9. The van der Waals surface area contributed by atoms with Crippen LogP contribution in [0.3, 0.4) is 0 Å². The molecule has 1 aromatic heterocycles. The van der Waals surface area contributed by atoms with Gasteiger partial charge in [-0.3, -0.25) is 15.1 Å². The Bertz CT molecular complexity index is 469. The highest BCUT2D eigenvalue weighted by atomic mass is 32.2. The lowest BCUT2D eigenvalue weighted by Crippen LogP contribution is -2.15. The maximum Gasteiger partial charge on any atom is 0.263 e. The molecule has 0 saturated carbocycles. The van der Waals surface area contributed by atoms with E-state index in [0.717, 1.165) is 29.1 Å². The van der Waals surface area contributed by atoms with Crippen molar-refractivity contribution in [3.63, 3.8) is 0 Å². The maximum absolute atomic E-state index is 10.4. The van der Waals surface area contributed by atoms with E-state index in [0.29, 0.717) is 11.6 Å².